The molecule has 4 heteroatoms. The first kappa shape index (κ1) is 12.0. The summed E-state index contributed by atoms with van der Waals surface area (Å²) in [6, 6.07) is 14.3. The van der Waals surface area contributed by atoms with Gasteiger partial charge in [0.2, 0.25) is 5.89 Å². The smallest absolute Gasteiger partial charge is 0.203 e. The van der Waals surface area contributed by atoms with E-state index in [1.807, 2.05) is 18.2 Å². The molecule has 0 radical (unpaired) electrons. The summed E-state index contributed by atoms with van der Waals surface area (Å²) < 4.78 is 6.96. The summed E-state index contributed by atoms with van der Waals surface area (Å²) in [5, 5.41) is 3.43. The van der Waals surface area contributed by atoms with E-state index in [0.717, 1.165) is 34.4 Å². The normalized spacial score (nSPS) is 17.8. The van der Waals surface area contributed by atoms with E-state index >= 15 is 0 Å². The molecule has 1 aliphatic heterocycles. The zero-order valence-corrected chi connectivity index (χ0v) is 12.4. The Labute approximate surface area is 125 Å². The van der Waals surface area contributed by atoms with Crippen molar-refractivity contribution in [2.45, 2.75) is 12.3 Å². The van der Waals surface area contributed by atoms with Gasteiger partial charge in [0.15, 0.2) is 5.58 Å². The first-order valence-electron chi connectivity index (χ1n) is 6.70. The second-order valence-electron chi connectivity index (χ2n) is 5.00. The molecular formula is C16H13BrN2O. The average Bonchev–Trinajstić information content (AvgIpc) is 2.92. The minimum Gasteiger partial charge on any atom is -0.439 e. The van der Waals surface area contributed by atoms with Gasteiger partial charge in [0.1, 0.15) is 5.52 Å². The van der Waals surface area contributed by atoms with Crippen LogP contribution in [0.5, 0.6) is 0 Å². The number of nitrogens with zero attached hydrogens (tertiary/aromatic N) is 1. The van der Waals surface area contributed by atoms with Crippen molar-refractivity contribution in [3.05, 3.63) is 58.4 Å². The van der Waals surface area contributed by atoms with Crippen LogP contribution in [0.1, 0.15) is 23.8 Å². The van der Waals surface area contributed by atoms with Crippen molar-refractivity contribution in [2.24, 2.45) is 0 Å². The van der Waals surface area contributed by atoms with E-state index in [0.29, 0.717) is 0 Å². The van der Waals surface area contributed by atoms with Crippen LogP contribution < -0.4 is 5.32 Å². The molecule has 100 valence electrons. The molecule has 0 saturated carbocycles. The maximum atomic E-state index is 6.01. The lowest BCUT2D eigenvalue weighted by Crippen LogP contribution is -2.17. The minimum atomic E-state index is 0.228. The lowest BCUT2D eigenvalue weighted by atomic mass is 9.91. The summed E-state index contributed by atoms with van der Waals surface area (Å²) in [6.45, 7) is 0.946. The van der Waals surface area contributed by atoms with Crippen LogP contribution in [0.3, 0.4) is 0 Å². The summed E-state index contributed by atoms with van der Waals surface area (Å²) in [7, 11) is 0. The molecule has 0 spiro atoms. The Balaban J connectivity index is 1.86. The second kappa shape index (κ2) is 4.63. The van der Waals surface area contributed by atoms with Gasteiger partial charge in [-0.05, 0) is 46.1 Å². The summed E-state index contributed by atoms with van der Waals surface area (Å²) in [6.07, 6.45) is 1.00. The largest absolute Gasteiger partial charge is 0.439 e. The second-order valence-corrected chi connectivity index (χ2v) is 5.85. The molecule has 2 aromatic carbocycles. The number of halogens is 1. The molecule has 1 atom stereocenters. The van der Waals surface area contributed by atoms with E-state index in [9.17, 15) is 0 Å². The minimum absolute atomic E-state index is 0.228. The molecule has 1 N–H and O–H groups in total. The average molecular weight is 329 g/mol. The Hall–Kier alpha value is -1.81. The topological polar surface area (TPSA) is 38.1 Å². The maximum Gasteiger partial charge on any atom is 0.203 e. The molecule has 0 amide bonds. The Morgan fingerprint density at radius 1 is 1.15 bits per heavy atom. The molecule has 0 fully saturated rings. The molecule has 0 bridgehead atoms. The van der Waals surface area contributed by atoms with E-state index in [1.165, 1.54) is 11.3 Å². The van der Waals surface area contributed by atoms with Crippen LogP contribution >= 0.6 is 15.9 Å². The Kier molecular flexibility index (Phi) is 2.77. The highest BCUT2D eigenvalue weighted by Gasteiger charge is 2.26. The number of para-hydroxylation sites is 2. The molecule has 20 heavy (non-hydrogen) atoms. The predicted molar refractivity (Wildman–Crippen MR) is 83.1 cm³/mol. The Morgan fingerprint density at radius 3 is 2.95 bits per heavy atom. The van der Waals surface area contributed by atoms with E-state index in [2.05, 4.69) is 50.5 Å². The lowest BCUT2D eigenvalue weighted by Gasteiger charge is -2.24. The van der Waals surface area contributed by atoms with E-state index < -0.39 is 0 Å². The molecular weight excluding hydrogens is 316 g/mol. The van der Waals surface area contributed by atoms with Crippen molar-refractivity contribution in [1.29, 1.82) is 0 Å². The summed E-state index contributed by atoms with van der Waals surface area (Å²) in [4.78, 5) is 4.67. The van der Waals surface area contributed by atoms with Crippen LogP contribution in [0.25, 0.3) is 11.1 Å². The van der Waals surface area contributed by atoms with Crippen LogP contribution in [-0.4, -0.2) is 11.5 Å². The van der Waals surface area contributed by atoms with E-state index in [1.54, 1.807) is 0 Å². The van der Waals surface area contributed by atoms with Gasteiger partial charge in [-0.2, -0.15) is 0 Å². The standard InChI is InChI=1S/C16H13BrN2O/c17-12-5-3-7-14-15(12)20-16(19-14)11-8-9-18-13-6-2-1-4-10(11)13/h1-7,11,18H,8-9H2. The van der Waals surface area contributed by atoms with Crippen molar-refractivity contribution in [1.82, 2.24) is 4.98 Å². The van der Waals surface area contributed by atoms with Gasteiger partial charge < -0.3 is 9.73 Å². The predicted octanol–water partition coefficient (Wildman–Crippen LogP) is 4.54. The molecule has 1 unspecified atom stereocenters. The third-order valence-electron chi connectivity index (χ3n) is 3.77. The third-order valence-corrected chi connectivity index (χ3v) is 4.39. The van der Waals surface area contributed by atoms with Gasteiger partial charge in [0.25, 0.3) is 0 Å². The molecule has 2 heterocycles. The molecule has 3 aromatic rings. The third kappa shape index (κ3) is 1.83. The Bertz CT molecular complexity index is 781. The molecule has 3 nitrogen and oxygen atoms in total. The van der Waals surface area contributed by atoms with Gasteiger partial charge in [0, 0.05) is 12.2 Å². The quantitative estimate of drug-likeness (QED) is 0.712. The van der Waals surface area contributed by atoms with Gasteiger partial charge in [-0.3, -0.25) is 0 Å². The number of anilines is 1. The van der Waals surface area contributed by atoms with Gasteiger partial charge >= 0.3 is 0 Å². The first-order chi connectivity index (χ1) is 9.83. The van der Waals surface area contributed by atoms with Crippen molar-refractivity contribution in [3.63, 3.8) is 0 Å². The number of rotatable bonds is 1. The molecule has 4 rings (SSSR count). The van der Waals surface area contributed by atoms with E-state index in [4.69, 9.17) is 4.42 Å². The zero-order valence-electron chi connectivity index (χ0n) is 10.8. The van der Waals surface area contributed by atoms with Crippen LogP contribution in [0.2, 0.25) is 0 Å². The SMILES string of the molecule is Brc1cccc2nc(C3CCNc4ccccc43)oc12. The summed E-state index contributed by atoms with van der Waals surface area (Å²) in [5.41, 5.74) is 4.19. The van der Waals surface area contributed by atoms with Crippen molar-refractivity contribution in [3.8, 4) is 0 Å². The van der Waals surface area contributed by atoms with Crippen molar-refractivity contribution in [2.75, 3.05) is 11.9 Å². The van der Waals surface area contributed by atoms with E-state index in [-0.39, 0.29) is 5.92 Å². The van der Waals surface area contributed by atoms with Crippen LogP contribution in [0.4, 0.5) is 5.69 Å². The monoisotopic (exact) mass is 328 g/mol. The lowest BCUT2D eigenvalue weighted by molar-refractivity contribution is 0.485. The van der Waals surface area contributed by atoms with Gasteiger partial charge in [-0.15, -0.1) is 0 Å². The molecule has 1 aromatic heterocycles. The number of benzene rings is 2. The van der Waals surface area contributed by atoms with Gasteiger partial charge in [-0.1, -0.05) is 24.3 Å². The van der Waals surface area contributed by atoms with Gasteiger partial charge in [-0.25, -0.2) is 4.98 Å². The number of nitrogens with one attached hydrogen (secondary N) is 1. The fourth-order valence-corrected chi connectivity index (χ4v) is 3.24. The molecule has 0 aliphatic carbocycles. The summed E-state index contributed by atoms with van der Waals surface area (Å²) >= 11 is 3.52. The van der Waals surface area contributed by atoms with Crippen LogP contribution in [-0.2, 0) is 0 Å². The number of fused-ring (bicyclic) bond motifs is 2. The van der Waals surface area contributed by atoms with Gasteiger partial charge in [0.05, 0.1) is 10.4 Å². The zero-order chi connectivity index (χ0) is 13.5. The molecule has 1 aliphatic rings. The number of hydrogen-bond donors (Lipinski definition) is 1. The van der Waals surface area contributed by atoms with Crippen molar-refractivity contribution < 1.29 is 4.42 Å². The fourth-order valence-electron chi connectivity index (χ4n) is 2.81. The highest BCUT2D eigenvalue weighted by molar-refractivity contribution is 9.10. The maximum absolute atomic E-state index is 6.01. The number of hydrogen-bond acceptors (Lipinski definition) is 3. The molecule has 0 saturated heterocycles. The Morgan fingerprint density at radius 2 is 2.05 bits per heavy atom. The highest BCUT2D eigenvalue weighted by atomic mass is 79.9. The summed E-state index contributed by atoms with van der Waals surface area (Å²) in [5.74, 6) is 1.03. The van der Waals surface area contributed by atoms with Crippen LogP contribution in [0, 0.1) is 0 Å². The fraction of sp³-hybridized carbons (Fsp3) is 0.188. The first-order valence-corrected chi connectivity index (χ1v) is 7.50. The number of oxazole rings is 1. The van der Waals surface area contributed by atoms with Crippen LogP contribution in [0.15, 0.2) is 51.4 Å². The van der Waals surface area contributed by atoms with Crippen molar-refractivity contribution >= 4 is 32.7 Å². The number of aromatic nitrogens is 1. The highest BCUT2D eigenvalue weighted by Crippen LogP contribution is 2.37.